The van der Waals surface area contributed by atoms with Crippen LogP contribution in [0.1, 0.15) is 5.82 Å². The van der Waals surface area contributed by atoms with Gasteiger partial charge in [0.1, 0.15) is 11.5 Å². The summed E-state index contributed by atoms with van der Waals surface area (Å²) in [6.07, 6.45) is 0.155. The first kappa shape index (κ1) is 17.9. The lowest BCUT2D eigenvalue weighted by atomic mass is 10.2. The van der Waals surface area contributed by atoms with Gasteiger partial charge in [0, 0.05) is 18.1 Å². The SMILES string of the molecule is COc1cc(OC)cc(-c2nc(CCS(=O)(=O)c3ccccc3)no2)c1. The molecule has 3 aromatic rings. The predicted octanol–water partition coefficient (Wildman–Crippen LogP) is 2.77. The minimum Gasteiger partial charge on any atom is -0.497 e. The highest BCUT2D eigenvalue weighted by Gasteiger charge is 2.17. The second kappa shape index (κ2) is 7.57. The van der Waals surface area contributed by atoms with Gasteiger partial charge in [0.15, 0.2) is 15.7 Å². The van der Waals surface area contributed by atoms with Crippen LogP contribution in [0, 0.1) is 0 Å². The molecule has 7 nitrogen and oxygen atoms in total. The summed E-state index contributed by atoms with van der Waals surface area (Å²) in [5, 5.41) is 3.87. The number of methoxy groups -OCH3 is 2. The molecule has 136 valence electrons. The Labute approximate surface area is 151 Å². The third kappa shape index (κ3) is 4.02. The molecule has 0 fully saturated rings. The van der Waals surface area contributed by atoms with Gasteiger partial charge < -0.3 is 14.0 Å². The molecule has 2 aromatic carbocycles. The number of aryl methyl sites for hydroxylation is 1. The zero-order chi connectivity index (χ0) is 18.6. The maximum Gasteiger partial charge on any atom is 0.258 e. The van der Waals surface area contributed by atoms with Crippen molar-refractivity contribution in [3.05, 3.63) is 54.4 Å². The van der Waals surface area contributed by atoms with Crippen LogP contribution in [-0.2, 0) is 16.3 Å². The predicted molar refractivity (Wildman–Crippen MR) is 95.0 cm³/mol. The van der Waals surface area contributed by atoms with Crippen LogP contribution in [0.5, 0.6) is 11.5 Å². The van der Waals surface area contributed by atoms with Gasteiger partial charge in [-0.15, -0.1) is 0 Å². The minimum atomic E-state index is -3.40. The van der Waals surface area contributed by atoms with E-state index in [2.05, 4.69) is 10.1 Å². The molecule has 26 heavy (non-hydrogen) atoms. The van der Waals surface area contributed by atoms with Crippen LogP contribution >= 0.6 is 0 Å². The fourth-order valence-electron chi connectivity index (χ4n) is 2.38. The first-order chi connectivity index (χ1) is 12.5. The number of hydrogen-bond acceptors (Lipinski definition) is 7. The molecule has 8 heteroatoms. The monoisotopic (exact) mass is 374 g/mol. The van der Waals surface area contributed by atoms with E-state index in [9.17, 15) is 8.42 Å². The molecule has 0 aliphatic heterocycles. The minimum absolute atomic E-state index is 0.0998. The molecule has 1 heterocycles. The van der Waals surface area contributed by atoms with Crippen LogP contribution in [0.3, 0.4) is 0 Å². The van der Waals surface area contributed by atoms with Crippen molar-refractivity contribution in [2.45, 2.75) is 11.3 Å². The Morgan fingerprint density at radius 2 is 1.65 bits per heavy atom. The maximum absolute atomic E-state index is 12.3. The average Bonchev–Trinajstić information content (AvgIpc) is 3.16. The summed E-state index contributed by atoms with van der Waals surface area (Å²) in [4.78, 5) is 4.55. The summed E-state index contributed by atoms with van der Waals surface area (Å²) in [5.74, 6) is 1.67. The molecule has 0 unspecified atom stereocenters. The van der Waals surface area contributed by atoms with Crippen LogP contribution in [0.15, 0.2) is 57.9 Å². The summed E-state index contributed by atoms with van der Waals surface area (Å²) >= 11 is 0. The molecular formula is C18H18N2O5S. The quantitative estimate of drug-likeness (QED) is 0.628. The van der Waals surface area contributed by atoms with E-state index in [-0.39, 0.29) is 23.0 Å². The molecule has 0 bridgehead atoms. The Hall–Kier alpha value is -2.87. The second-order valence-electron chi connectivity index (χ2n) is 5.50. The molecule has 0 atom stereocenters. The number of ether oxygens (including phenoxy) is 2. The highest BCUT2D eigenvalue weighted by molar-refractivity contribution is 7.91. The van der Waals surface area contributed by atoms with Crippen molar-refractivity contribution in [2.24, 2.45) is 0 Å². The Morgan fingerprint density at radius 3 is 2.27 bits per heavy atom. The molecule has 0 saturated carbocycles. The standard InChI is InChI=1S/C18H18N2O5S/c1-23-14-10-13(11-15(12-14)24-2)18-19-17(20-25-18)8-9-26(21,22)16-6-4-3-5-7-16/h3-7,10-12H,8-9H2,1-2H3. The summed E-state index contributed by atoms with van der Waals surface area (Å²) in [6.45, 7) is 0. The highest BCUT2D eigenvalue weighted by Crippen LogP contribution is 2.28. The van der Waals surface area contributed by atoms with Crippen LogP contribution in [0.2, 0.25) is 0 Å². The Kier molecular flexibility index (Phi) is 5.22. The van der Waals surface area contributed by atoms with Crippen LogP contribution in [0.4, 0.5) is 0 Å². The van der Waals surface area contributed by atoms with Gasteiger partial charge in [-0.1, -0.05) is 23.4 Å². The van der Waals surface area contributed by atoms with Gasteiger partial charge in [0.25, 0.3) is 5.89 Å². The van der Waals surface area contributed by atoms with Crippen molar-refractivity contribution >= 4 is 9.84 Å². The Bertz CT molecular complexity index is 962. The number of rotatable bonds is 7. The smallest absolute Gasteiger partial charge is 0.258 e. The van der Waals surface area contributed by atoms with E-state index >= 15 is 0 Å². The van der Waals surface area contributed by atoms with Crippen molar-refractivity contribution in [2.75, 3.05) is 20.0 Å². The number of aromatic nitrogens is 2. The van der Waals surface area contributed by atoms with Crippen LogP contribution < -0.4 is 9.47 Å². The number of sulfone groups is 1. The fourth-order valence-corrected chi connectivity index (χ4v) is 3.63. The third-order valence-corrected chi connectivity index (χ3v) is 5.50. The highest BCUT2D eigenvalue weighted by atomic mass is 32.2. The van der Waals surface area contributed by atoms with E-state index in [1.165, 1.54) is 0 Å². The molecule has 0 aliphatic rings. The Morgan fingerprint density at radius 1 is 1.00 bits per heavy atom. The van der Waals surface area contributed by atoms with Crippen molar-refractivity contribution < 1.29 is 22.4 Å². The second-order valence-corrected chi connectivity index (χ2v) is 7.61. The molecule has 0 radical (unpaired) electrons. The van der Waals surface area contributed by atoms with Crippen molar-refractivity contribution in [1.82, 2.24) is 10.1 Å². The fraction of sp³-hybridized carbons (Fsp3) is 0.222. The molecule has 0 N–H and O–H groups in total. The first-order valence-corrected chi connectivity index (χ1v) is 9.51. The van der Waals surface area contributed by atoms with E-state index in [0.717, 1.165) is 0 Å². The zero-order valence-electron chi connectivity index (χ0n) is 14.4. The molecule has 3 rings (SSSR count). The van der Waals surface area contributed by atoms with Crippen LogP contribution in [0.25, 0.3) is 11.5 Å². The molecule has 0 spiro atoms. The summed E-state index contributed by atoms with van der Waals surface area (Å²) in [6, 6.07) is 13.5. The summed E-state index contributed by atoms with van der Waals surface area (Å²) in [7, 11) is -0.301. The lowest BCUT2D eigenvalue weighted by molar-refractivity contribution is 0.393. The van der Waals surface area contributed by atoms with E-state index in [1.54, 1.807) is 62.8 Å². The van der Waals surface area contributed by atoms with Crippen LogP contribution in [-0.4, -0.2) is 38.5 Å². The lowest BCUT2D eigenvalue weighted by Gasteiger charge is -2.05. The topological polar surface area (TPSA) is 91.5 Å². The normalized spacial score (nSPS) is 11.3. The summed E-state index contributed by atoms with van der Waals surface area (Å²) in [5.41, 5.74) is 0.630. The van der Waals surface area contributed by atoms with Gasteiger partial charge >= 0.3 is 0 Å². The molecule has 0 saturated heterocycles. The largest absolute Gasteiger partial charge is 0.497 e. The zero-order valence-corrected chi connectivity index (χ0v) is 15.2. The van der Waals surface area contributed by atoms with Gasteiger partial charge in [-0.3, -0.25) is 0 Å². The molecule has 1 aromatic heterocycles. The van der Waals surface area contributed by atoms with Crippen molar-refractivity contribution in [3.8, 4) is 23.0 Å². The summed E-state index contributed by atoms with van der Waals surface area (Å²) < 4.78 is 40.3. The van der Waals surface area contributed by atoms with Gasteiger partial charge in [-0.2, -0.15) is 4.98 Å². The van der Waals surface area contributed by atoms with Gasteiger partial charge in [-0.25, -0.2) is 8.42 Å². The first-order valence-electron chi connectivity index (χ1n) is 7.85. The van der Waals surface area contributed by atoms with E-state index in [4.69, 9.17) is 14.0 Å². The van der Waals surface area contributed by atoms with Crippen molar-refractivity contribution in [3.63, 3.8) is 0 Å². The van der Waals surface area contributed by atoms with E-state index in [1.807, 2.05) is 0 Å². The molecule has 0 amide bonds. The van der Waals surface area contributed by atoms with Gasteiger partial charge in [0.05, 0.1) is 24.9 Å². The Balaban J connectivity index is 1.77. The number of hydrogen-bond donors (Lipinski definition) is 0. The third-order valence-electron chi connectivity index (χ3n) is 3.76. The van der Waals surface area contributed by atoms with Crippen molar-refractivity contribution in [1.29, 1.82) is 0 Å². The molecular weight excluding hydrogens is 356 g/mol. The molecule has 0 aliphatic carbocycles. The van der Waals surface area contributed by atoms with E-state index < -0.39 is 9.84 Å². The maximum atomic E-state index is 12.3. The number of benzene rings is 2. The van der Waals surface area contributed by atoms with E-state index in [0.29, 0.717) is 22.9 Å². The van der Waals surface area contributed by atoms with Gasteiger partial charge in [-0.05, 0) is 24.3 Å². The lowest BCUT2D eigenvalue weighted by Crippen LogP contribution is -2.09. The van der Waals surface area contributed by atoms with Gasteiger partial charge in [0.2, 0.25) is 0 Å². The average molecular weight is 374 g/mol. The number of nitrogens with zero attached hydrogens (tertiary/aromatic N) is 2.